The van der Waals surface area contributed by atoms with Crippen molar-refractivity contribution in [2.24, 2.45) is 0 Å². The van der Waals surface area contributed by atoms with Crippen LogP contribution in [-0.4, -0.2) is 29.5 Å². The van der Waals surface area contributed by atoms with Crippen molar-refractivity contribution in [3.05, 3.63) is 194 Å². The molecule has 0 N–H and O–H groups in total. The number of para-hydroxylation sites is 3. The maximum Gasteiger partial charge on any atom is 0.238 e. The normalized spacial score (nSPS) is 11.8. The molecule has 0 aliphatic carbocycles. The third kappa shape index (κ3) is 5.66. The Kier molecular flexibility index (Phi) is 7.74. The summed E-state index contributed by atoms with van der Waals surface area (Å²) in [6, 6.07) is 65.8. The number of rotatable bonds is 6. The van der Waals surface area contributed by atoms with Crippen molar-refractivity contribution in [3.63, 3.8) is 0 Å². The topological polar surface area (TPSA) is 95.7 Å². The average Bonchev–Trinajstić information content (AvgIpc) is 4.03. The van der Waals surface area contributed by atoms with Gasteiger partial charge < -0.3 is 8.83 Å². The van der Waals surface area contributed by atoms with E-state index >= 15 is 0 Å². The first-order valence-corrected chi connectivity index (χ1v) is 20.8. The monoisotopic (exact) mass is 808 g/mol. The van der Waals surface area contributed by atoms with E-state index in [1.54, 1.807) is 0 Å². The van der Waals surface area contributed by atoms with Gasteiger partial charge in [-0.15, -0.1) is 0 Å². The highest BCUT2D eigenvalue weighted by molar-refractivity contribution is 6.14. The Balaban J connectivity index is 1.08. The van der Waals surface area contributed by atoms with Gasteiger partial charge in [-0.05, 0) is 48.0 Å². The summed E-state index contributed by atoms with van der Waals surface area (Å²) in [7, 11) is 0. The molecule has 8 heteroatoms. The van der Waals surface area contributed by atoms with Gasteiger partial charge >= 0.3 is 0 Å². The summed E-state index contributed by atoms with van der Waals surface area (Å²) in [5.74, 6) is 2.23. The molecule has 13 rings (SSSR count). The van der Waals surface area contributed by atoms with E-state index in [9.17, 15) is 0 Å². The average molecular weight is 809 g/mol. The van der Waals surface area contributed by atoms with Crippen molar-refractivity contribution in [2.75, 3.05) is 0 Å². The van der Waals surface area contributed by atoms with E-state index in [2.05, 4.69) is 89.5 Å². The van der Waals surface area contributed by atoms with Crippen LogP contribution in [0.2, 0.25) is 0 Å². The Hall–Kier alpha value is -8.75. The summed E-state index contributed by atoms with van der Waals surface area (Å²) in [6.07, 6.45) is 0. The molecule has 8 aromatic carbocycles. The second-order valence-corrected chi connectivity index (χ2v) is 15.6. The number of furan rings is 2. The molecule has 0 unspecified atom stereocenters. The van der Waals surface area contributed by atoms with Crippen LogP contribution >= 0.6 is 0 Å². The van der Waals surface area contributed by atoms with Crippen LogP contribution in [0, 0.1) is 0 Å². The van der Waals surface area contributed by atoms with Crippen LogP contribution in [0.1, 0.15) is 0 Å². The van der Waals surface area contributed by atoms with Gasteiger partial charge in [-0.25, -0.2) is 9.97 Å². The highest BCUT2D eigenvalue weighted by Crippen LogP contribution is 2.41. The van der Waals surface area contributed by atoms with Crippen LogP contribution in [0.5, 0.6) is 0 Å². The molecular formula is C55H32N6O2. The summed E-state index contributed by atoms with van der Waals surface area (Å²) in [6.45, 7) is 0. The maximum atomic E-state index is 6.55. The number of fused-ring (bicyclic) bond motifs is 9. The number of benzene rings is 8. The summed E-state index contributed by atoms with van der Waals surface area (Å²) >= 11 is 0. The number of hydrogen-bond donors (Lipinski definition) is 0. The maximum absolute atomic E-state index is 6.55. The van der Waals surface area contributed by atoms with Gasteiger partial charge in [-0.2, -0.15) is 15.0 Å². The molecule has 0 atom stereocenters. The molecule has 0 aliphatic rings. The molecule has 0 saturated heterocycles. The second kappa shape index (κ2) is 13.9. The Bertz CT molecular complexity index is 3850. The summed E-state index contributed by atoms with van der Waals surface area (Å²) < 4.78 is 15.1. The van der Waals surface area contributed by atoms with Crippen LogP contribution in [0.15, 0.2) is 203 Å². The van der Waals surface area contributed by atoms with Gasteiger partial charge in [0.15, 0.2) is 17.5 Å². The molecule has 0 bridgehead atoms. The molecule has 0 aliphatic heterocycles. The Morgan fingerprint density at radius 2 is 0.889 bits per heavy atom. The van der Waals surface area contributed by atoms with Crippen LogP contribution in [0.3, 0.4) is 0 Å². The second-order valence-electron chi connectivity index (χ2n) is 15.6. The van der Waals surface area contributed by atoms with Crippen LogP contribution in [0.4, 0.5) is 0 Å². The third-order valence-corrected chi connectivity index (χ3v) is 11.9. The fourth-order valence-electron chi connectivity index (χ4n) is 8.97. The lowest BCUT2D eigenvalue weighted by Crippen LogP contribution is -2.06. The zero-order valence-corrected chi connectivity index (χ0v) is 33.5. The summed E-state index contributed by atoms with van der Waals surface area (Å²) in [5, 5.41) is 6.03. The molecule has 0 radical (unpaired) electrons. The molecule has 0 spiro atoms. The molecule has 5 aromatic heterocycles. The minimum atomic E-state index is 0.508. The van der Waals surface area contributed by atoms with Gasteiger partial charge in [-0.1, -0.05) is 152 Å². The lowest BCUT2D eigenvalue weighted by molar-refractivity contribution is 0.653. The van der Waals surface area contributed by atoms with Crippen molar-refractivity contribution in [1.29, 1.82) is 0 Å². The molecule has 13 aromatic rings. The molecule has 294 valence electrons. The predicted octanol–water partition coefficient (Wildman–Crippen LogP) is 13.9. The van der Waals surface area contributed by atoms with Crippen LogP contribution < -0.4 is 0 Å². The standard InChI is InChI=1S/C55H32N6O2/c1-4-15-33(16-5-1)49-48-41-22-11-13-26-47(41)63-54(48)58-53(56-49)37-28-30-45-43(32-37)42-31-36(38-23-14-24-40-39-21-10-12-25-46(39)62-50(38)40)27-29-44(42)61(45)55-59-51(34-17-6-2-7-18-34)57-52(60-55)35-19-8-3-9-20-35/h1-32H. The zero-order valence-electron chi connectivity index (χ0n) is 33.5. The first-order chi connectivity index (χ1) is 31.2. The largest absolute Gasteiger partial charge is 0.455 e. The Labute approximate surface area is 359 Å². The number of hydrogen-bond acceptors (Lipinski definition) is 7. The molecule has 0 amide bonds. The summed E-state index contributed by atoms with van der Waals surface area (Å²) in [4.78, 5) is 25.8. The first-order valence-electron chi connectivity index (χ1n) is 20.8. The van der Waals surface area contributed by atoms with E-state index in [1.807, 2.05) is 109 Å². The van der Waals surface area contributed by atoms with Gasteiger partial charge in [0, 0.05) is 54.7 Å². The van der Waals surface area contributed by atoms with Gasteiger partial charge in [-0.3, -0.25) is 4.57 Å². The van der Waals surface area contributed by atoms with E-state index < -0.39 is 0 Å². The van der Waals surface area contributed by atoms with Gasteiger partial charge in [0.25, 0.3) is 0 Å². The predicted molar refractivity (Wildman–Crippen MR) is 251 cm³/mol. The molecular weight excluding hydrogens is 777 g/mol. The molecule has 63 heavy (non-hydrogen) atoms. The molecule has 5 heterocycles. The Morgan fingerprint density at radius 3 is 1.57 bits per heavy atom. The van der Waals surface area contributed by atoms with E-state index in [-0.39, 0.29) is 0 Å². The van der Waals surface area contributed by atoms with E-state index in [0.29, 0.717) is 29.1 Å². The van der Waals surface area contributed by atoms with Crippen molar-refractivity contribution >= 4 is 65.8 Å². The fourth-order valence-corrected chi connectivity index (χ4v) is 8.97. The molecule has 0 fully saturated rings. The fraction of sp³-hybridized carbons (Fsp3) is 0. The smallest absolute Gasteiger partial charge is 0.238 e. The van der Waals surface area contributed by atoms with Crippen molar-refractivity contribution in [1.82, 2.24) is 29.5 Å². The number of aromatic nitrogens is 6. The Morgan fingerprint density at radius 1 is 0.349 bits per heavy atom. The minimum absolute atomic E-state index is 0.508. The van der Waals surface area contributed by atoms with Gasteiger partial charge in [0.2, 0.25) is 11.7 Å². The van der Waals surface area contributed by atoms with Gasteiger partial charge in [0.1, 0.15) is 16.7 Å². The molecule has 8 nitrogen and oxygen atoms in total. The van der Waals surface area contributed by atoms with E-state index in [4.69, 9.17) is 33.8 Å². The lowest BCUT2D eigenvalue weighted by atomic mass is 10.00. The molecule has 0 saturated carbocycles. The first kappa shape index (κ1) is 35.0. The quantitative estimate of drug-likeness (QED) is 0.165. The highest BCUT2D eigenvalue weighted by atomic mass is 16.3. The lowest BCUT2D eigenvalue weighted by Gasteiger charge is -2.11. The van der Waals surface area contributed by atoms with Crippen molar-refractivity contribution in [2.45, 2.75) is 0 Å². The third-order valence-electron chi connectivity index (χ3n) is 11.9. The highest BCUT2D eigenvalue weighted by Gasteiger charge is 2.22. The van der Waals surface area contributed by atoms with E-state index in [0.717, 1.165) is 99.2 Å². The zero-order chi connectivity index (χ0) is 41.4. The van der Waals surface area contributed by atoms with Crippen LogP contribution in [0.25, 0.3) is 128 Å². The number of nitrogens with zero attached hydrogens (tertiary/aromatic N) is 6. The van der Waals surface area contributed by atoms with Crippen molar-refractivity contribution in [3.8, 4) is 62.5 Å². The summed E-state index contributed by atoms with van der Waals surface area (Å²) in [5.41, 5.74) is 11.3. The van der Waals surface area contributed by atoms with Crippen LogP contribution in [-0.2, 0) is 0 Å². The SMILES string of the molecule is c1ccc(-c2nc(-c3ccccc3)nc(-n3c4ccc(-c5nc(-c6ccccc6)c6c(n5)oc5ccccc56)cc4c4cc(-c5cccc6c5oc5ccccc56)ccc43)n2)cc1. The minimum Gasteiger partial charge on any atom is -0.455 e. The van der Waals surface area contributed by atoms with E-state index in [1.165, 1.54) is 0 Å². The van der Waals surface area contributed by atoms with Crippen molar-refractivity contribution < 1.29 is 8.83 Å². The van der Waals surface area contributed by atoms with Gasteiger partial charge in [0.05, 0.1) is 22.1 Å².